The Morgan fingerprint density at radius 3 is 2.37 bits per heavy atom. The lowest BCUT2D eigenvalue weighted by molar-refractivity contribution is -0.295. The second kappa shape index (κ2) is 19.1. The summed E-state index contributed by atoms with van der Waals surface area (Å²) in [7, 11) is 5.06. The number of imidazole rings is 1. The first-order valence-corrected chi connectivity index (χ1v) is 21.4. The molecule has 60 heavy (non-hydrogen) atoms. The Balaban J connectivity index is 1.48. The zero-order valence-corrected chi connectivity index (χ0v) is 37.1. The van der Waals surface area contributed by atoms with E-state index in [2.05, 4.69) is 9.97 Å². The number of ketones is 2. The van der Waals surface area contributed by atoms with Gasteiger partial charge >= 0.3 is 12.1 Å². The molecule has 1 amide bonds. The number of fused-ring (bicyclic) bond motifs is 1. The van der Waals surface area contributed by atoms with Crippen LogP contribution in [0, 0.1) is 17.8 Å². The van der Waals surface area contributed by atoms with Crippen molar-refractivity contribution >= 4 is 23.6 Å². The van der Waals surface area contributed by atoms with Crippen LogP contribution in [0.15, 0.2) is 37.1 Å². The summed E-state index contributed by atoms with van der Waals surface area (Å²) in [6, 6.07) is 2.51. The van der Waals surface area contributed by atoms with Crippen LogP contribution in [-0.4, -0.2) is 140 Å². The van der Waals surface area contributed by atoms with Gasteiger partial charge in [0.1, 0.15) is 18.0 Å². The minimum absolute atomic E-state index is 0.00166. The van der Waals surface area contributed by atoms with Gasteiger partial charge < -0.3 is 43.2 Å². The van der Waals surface area contributed by atoms with E-state index in [4.69, 9.17) is 23.7 Å². The van der Waals surface area contributed by atoms with Crippen molar-refractivity contribution in [2.45, 2.75) is 160 Å². The third-order valence-electron chi connectivity index (χ3n) is 13.2. The highest BCUT2D eigenvalue weighted by molar-refractivity contribution is 6.08. The number of ether oxygens (including phenoxy) is 5. The van der Waals surface area contributed by atoms with Crippen LogP contribution in [0.4, 0.5) is 9.18 Å². The van der Waals surface area contributed by atoms with Gasteiger partial charge in [0.15, 0.2) is 17.7 Å². The summed E-state index contributed by atoms with van der Waals surface area (Å²) in [5.41, 5.74) is -4.49. The summed E-state index contributed by atoms with van der Waals surface area (Å²) in [6.45, 7) is 13.6. The molecule has 0 saturated carbocycles. The van der Waals surface area contributed by atoms with Gasteiger partial charge in [0, 0.05) is 68.1 Å². The molecule has 0 bridgehead atoms. The Morgan fingerprint density at radius 1 is 1.05 bits per heavy atom. The number of Topliss-reactive ketones (excluding diaryl/α,β-unsaturated/α-hetero) is 2. The van der Waals surface area contributed by atoms with Gasteiger partial charge in [0.25, 0.3) is 5.67 Å². The van der Waals surface area contributed by atoms with Crippen molar-refractivity contribution in [3.8, 4) is 11.3 Å². The molecule has 3 aliphatic rings. The quantitative estimate of drug-likeness (QED) is 0.164. The number of aliphatic hydroxyl groups excluding tert-OH is 1. The average Bonchev–Trinajstić information content (AvgIpc) is 3.82. The first-order valence-electron chi connectivity index (χ1n) is 21.4. The first kappa shape index (κ1) is 47.2. The molecule has 2 aromatic heterocycles. The molecule has 0 radical (unpaired) electrons. The van der Waals surface area contributed by atoms with Crippen molar-refractivity contribution in [1.29, 1.82) is 0 Å². The van der Waals surface area contributed by atoms with Crippen LogP contribution in [0.1, 0.15) is 93.9 Å². The number of pyridine rings is 1. The molecule has 3 saturated heterocycles. The van der Waals surface area contributed by atoms with Gasteiger partial charge in [0.05, 0.1) is 35.9 Å². The molecule has 13 atom stereocenters. The summed E-state index contributed by atoms with van der Waals surface area (Å²) >= 11 is 0. The first-order chi connectivity index (χ1) is 28.3. The largest absolute Gasteiger partial charge is 0.455 e. The lowest BCUT2D eigenvalue weighted by atomic mass is 9.72. The number of likely N-dealkylation sites (N-methyl/N-ethyl adjacent to an activating group) is 1. The molecule has 5 rings (SSSR count). The fourth-order valence-electron chi connectivity index (χ4n) is 9.72. The molecule has 1 N–H and O–H groups in total. The molecule has 1 unspecified atom stereocenters. The van der Waals surface area contributed by atoms with Gasteiger partial charge in [-0.05, 0) is 85.5 Å². The lowest BCUT2D eigenvalue weighted by Crippen LogP contribution is -2.62. The third kappa shape index (κ3) is 9.32. The van der Waals surface area contributed by atoms with Gasteiger partial charge in [-0.25, -0.2) is 19.0 Å². The van der Waals surface area contributed by atoms with Crippen LogP contribution in [-0.2, 0) is 44.6 Å². The van der Waals surface area contributed by atoms with E-state index in [-0.39, 0.29) is 43.7 Å². The number of hydrogen-bond donors (Lipinski definition) is 1. The predicted molar refractivity (Wildman–Crippen MR) is 219 cm³/mol. The van der Waals surface area contributed by atoms with Crippen molar-refractivity contribution < 1.29 is 52.4 Å². The number of hydrogen-bond acceptors (Lipinski definition) is 13. The maximum Gasteiger partial charge on any atom is 0.410 e. The number of carbonyl (C=O) groups excluding carboxylic acids is 4. The molecule has 0 aromatic carbocycles. The van der Waals surface area contributed by atoms with Gasteiger partial charge in [-0.15, -0.1) is 0 Å². The number of rotatable bonds is 12. The monoisotopic (exact) mass is 843 g/mol. The topological polar surface area (TPSA) is 172 Å². The zero-order valence-electron chi connectivity index (χ0n) is 37.1. The maximum atomic E-state index is 17.0. The summed E-state index contributed by atoms with van der Waals surface area (Å²) in [4.78, 5) is 69.2. The molecular weight excluding hydrogens is 778 g/mol. The SMILES string of the molecule is CC[C@H]1OC(=O)[C@@](C)(F)C(=O)[C@H](C)[C@@H](OC2O[C@H](C)C[C@H](N(C)C)[C@H]2O)[C@](C)(OC)C[C@@H](C)C(=O)[C@H](C)[C@H]2N(CCCCn3cnc(-c4cccnc4)c3)C(=O)O[C@]12CC. The molecule has 3 aliphatic heterocycles. The Labute approximate surface area is 353 Å². The van der Waals surface area contributed by atoms with Gasteiger partial charge in [-0.1, -0.05) is 34.6 Å². The predicted octanol–water partition coefficient (Wildman–Crippen LogP) is 5.41. The molecule has 2 aromatic rings. The Hall–Kier alpha value is -3.83. The maximum absolute atomic E-state index is 17.0. The van der Waals surface area contributed by atoms with Crippen molar-refractivity contribution in [3.05, 3.63) is 37.1 Å². The highest BCUT2D eigenvalue weighted by atomic mass is 19.1. The molecule has 0 spiro atoms. The number of alkyl halides is 1. The number of aryl methyl sites for hydroxylation is 1. The van der Waals surface area contributed by atoms with E-state index < -0.39 is 83.1 Å². The van der Waals surface area contributed by atoms with E-state index in [0.29, 0.717) is 25.8 Å². The second-order valence-corrected chi connectivity index (χ2v) is 17.7. The Morgan fingerprint density at radius 2 is 1.75 bits per heavy atom. The van der Waals surface area contributed by atoms with Gasteiger partial charge in [0.2, 0.25) is 0 Å². The third-order valence-corrected chi connectivity index (χ3v) is 13.2. The zero-order chi connectivity index (χ0) is 44.3. The van der Waals surface area contributed by atoms with E-state index in [9.17, 15) is 24.3 Å². The average molecular weight is 844 g/mol. The minimum Gasteiger partial charge on any atom is -0.455 e. The van der Waals surface area contributed by atoms with Crippen LogP contribution >= 0.6 is 0 Å². The van der Waals surface area contributed by atoms with E-state index in [1.165, 1.54) is 14.0 Å². The number of nitrogens with zero attached hydrogens (tertiary/aromatic N) is 5. The Bertz CT molecular complexity index is 1810. The van der Waals surface area contributed by atoms with Crippen molar-refractivity contribution in [1.82, 2.24) is 24.3 Å². The highest BCUT2D eigenvalue weighted by Crippen LogP contribution is 2.45. The number of halogens is 1. The van der Waals surface area contributed by atoms with Crippen LogP contribution in [0.2, 0.25) is 0 Å². The molecule has 334 valence electrons. The number of carbonyl (C=O) groups is 4. The summed E-state index contributed by atoms with van der Waals surface area (Å²) in [5, 5.41) is 11.4. The molecule has 3 fully saturated rings. The number of esters is 1. The van der Waals surface area contributed by atoms with E-state index in [1.807, 2.05) is 48.8 Å². The number of unbranched alkanes of at least 4 members (excludes halogenated alkanes) is 1. The molecule has 0 aliphatic carbocycles. The number of aromatic nitrogens is 3. The number of amides is 1. The summed E-state index contributed by atoms with van der Waals surface area (Å²) in [5.74, 6) is -5.75. The normalized spacial score (nSPS) is 37.1. The van der Waals surface area contributed by atoms with Gasteiger partial charge in [-0.3, -0.25) is 14.6 Å². The molecule has 16 heteroatoms. The summed E-state index contributed by atoms with van der Waals surface area (Å²) in [6.07, 6.45) is 3.13. The van der Waals surface area contributed by atoms with Crippen LogP contribution in [0.3, 0.4) is 0 Å². The van der Waals surface area contributed by atoms with Crippen LogP contribution in [0.25, 0.3) is 11.3 Å². The lowest BCUT2D eigenvalue weighted by Gasteiger charge is -2.47. The fraction of sp³-hybridized carbons (Fsp3) is 0.727. The summed E-state index contributed by atoms with van der Waals surface area (Å²) < 4.78 is 49.8. The fourth-order valence-corrected chi connectivity index (χ4v) is 9.72. The second-order valence-electron chi connectivity index (χ2n) is 17.7. The van der Waals surface area contributed by atoms with Crippen molar-refractivity contribution in [2.75, 3.05) is 27.7 Å². The Kier molecular flexibility index (Phi) is 15.0. The highest BCUT2D eigenvalue weighted by Gasteiger charge is 2.63. The van der Waals surface area contributed by atoms with E-state index in [1.54, 1.807) is 58.2 Å². The molecule has 5 heterocycles. The van der Waals surface area contributed by atoms with Crippen LogP contribution < -0.4 is 0 Å². The van der Waals surface area contributed by atoms with E-state index in [0.717, 1.165) is 18.2 Å². The smallest absolute Gasteiger partial charge is 0.410 e. The van der Waals surface area contributed by atoms with Crippen LogP contribution in [0.5, 0.6) is 0 Å². The van der Waals surface area contributed by atoms with Crippen molar-refractivity contribution in [2.24, 2.45) is 17.8 Å². The minimum atomic E-state index is -3.18. The number of methoxy groups -OCH3 is 1. The van der Waals surface area contributed by atoms with E-state index >= 15 is 4.39 Å². The molecule has 15 nitrogen and oxygen atoms in total. The van der Waals surface area contributed by atoms with Crippen molar-refractivity contribution in [3.63, 3.8) is 0 Å². The molecular formula is C44H66FN5O10. The number of cyclic esters (lactones) is 1. The number of aliphatic hydroxyl groups is 1. The standard InChI is InChI=1S/C44H66FN5O10/c1-12-33-44(13-2)36(50(41(55)60-44)20-15-14-19-49-24-31(47-25-49)30-17-16-18-46-23-30)28(5)34(51)26(3)22-42(7,56-11)38(29(6)37(53)43(8,45)40(54)58-33)59-39-35(52)32(48(9)10)21-27(4)57-39/h16-18,23-29,32-33,35-36,38-39,52H,12-15,19-22H2,1-11H3/t26-,27-,28+,29+,32+,33-,35-,36-,38-,39?,42-,43+,44-/m1/s1. The van der Waals surface area contributed by atoms with Gasteiger partial charge in [-0.2, -0.15) is 0 Å².